The van der Waals surface area contributed by atoms with Crippen LogP contribution in [-0.4, -0.2) is 45.7 Å². The lowest BCUT2D eigenvalue weighted by Crippen LogP contribution is -2.27. The van der Waals surface area contributed by atoms with Crippen LogP contribution in [0.15, 0.2) is 67.1 Å². The van der Waals surface area contributed by atoms with Gasteiger partial charge < -0.3 is 15.0 Å². The number of esters is 1. The van der Waals surface area contributed by atoms with Crippen LogP contribution in [0.1, 0.15) is 25.5 Å². The number of nitrogens with one attached hydrogen (secondary N) is 1. The number of anilines is 2. The molecule has 4 aromatic rings. The van der Waals surface area contributed by atoms with Gasteiger partial charge in [0.05, 0.1) is 23.7 Å². The second kappa shape index (κ2) is 9.47. The molecule has 0 fully saturated rings. The van der Waals surface area contributed by atoms with E-state index in [9.17, 15) is 4.79 Å². The molecule has 2 aromatic heterocycles. The summed E-state index contributed by atoms with van der Waals surface area (Å²) in [7, 11) is 1.85. The average molecular weight is 431 g/mol. The highest BCUT2D eigenvalue weighted by Gasteiger charge is 2.13. The van der Waals surface area contributed by atoms with Crippen molar-refractivity contribution in [3.05, 3.63) is 72.7 Å². The van der Waals surface area contributed by atoms with E-state index in [1.807, 2.05) is 59.0 Å². The maximum atomic E-state index is 11.8. The smallest absolute Gasteiger partial charge is 0.325 e. The number of imidazole rings is 1. The van der Waals surface area contributed by atoms with E-state index >= 15 is 0 Å². The SMILES string of the molecule is CCOC(=O)CN(C)c1ccc2c(c1)ncn2-c1ccnc(N[C@@H](C)c2ccccc2)n1. The first-order valence-electron chi connectivity index (χ1n) is 10.5. The van der Waals surface area contributed by atoms with Crippen molar-refractivity contribution >= 4 is 28.6 Å². The van der Waals surface area contributed by atoms with Crippen LogP contribution in [-0.2, 0) is 9.53 Å². The van der Waals surface area contributed by atoms with E-state index in [0.717, 1.165) is 28.1 Å². The van der Waals surface area contributed by atoms with Gasteiger partial charge in [-0.1, -0.05) is 30.3 Å². The second-order valence-corrected chi connectivity index (χ2v) is 7.46. The minimum atomic E-state index is -0.258. The number of hydrogen-bond acceptors (Lipinski definition) is 7. The molecule has 1 N–H and O–H groups in total. The third kappa shape index (κ3) is 4.69. The molecule has 0 spiro atoms. The largest absolute Gasteiger partial charge is 0.465 e. The number of carbonyl (C=O) groups is 1. The fraction of sp³-hybridized carbons (Fsp3) is 0.250. The van der Waals surface area contributed by atoms with Crippen LogP contribution in [0.3, 0.4) is 0 Å². The van der Waals surface area contributed by atoms with Crippen LogP contribution in [0.2, 0.25) is 0 Å². The van der Waals surface area contributed by atoms with Gasteiger partial charge in [-0.15, -0.1) is 0 Å². The normalized spacial score (nSPS) is 11.8. The van der Waals surface area contributed by atoms with Gasteiger partial charge in [0, 0.05) is 18.9 Å². The number of benzene rings is 2. The van der Waals surface area contributed by atoms with Gasteiger partial charge in [-0.3, -0.25) is 9.36 Å². The highest BCUT2D eigenvalue weighted by molar-refractivity contribution is 5.83. The molecule has 0 saturated heterocycles. The Morgan fingerprint density at radius 2 is 1.97 bits per heavy atom. The molecule has 0 amide bonds. The minimum absolute atomic E-state index is 0.0727. The Hall–Kier alpha value is -3.94. The lowest BCUT2D eigenvalue weighted by molar-refractivity contribution is -0.141. The lowest BCUT2D eigenvalue weighted by Gasteiger charge is -2.18. The summed E-state index contributed by atoms with van der Waals surface area (Å²) in [6.07, 6.45) is 3.47. The molecule has 2 heterocycles. The molecule has 164 valence electrons. The quantitative estimate of drug-likeness (QED) is 0.423. The van der Waals surface area contributed by atoms with E-state index in [0.29, 0.717) is 12.6 Å². The van der Waals surface area contributed by atoms with Gasteiger partial charge in [-0.25, -0.2) is 9.97 Å². The fourth-order valence-electron chi connectivity index (χ4n) is 3.48. The molecule has 8 nitrogen and oxygen atoms in total. The van der Waals surface area contributed by atoms with Crippen molar-refractivity contribution in [2.45, 2.75) is 19.9 Å². The summed E-state index contributed by atoms with van der Waals surface area (Å²) < 4.78 is 6.95. The number of ether oxygens (including phenoxy) is 1. The minimum Gasteiger partial charge on any atom is -0.465 e. The molecule has 8 heteroatoms. The van der Waals surface area contributed by atoms with E-state index in [-0.39, 0.29) is 18.6 Å². The molecule has 0 aliphatic carbocycles. The molecule has 0 bridgehead atoms. The summed E-state index contributed by atoms with van der Waals surface area (Å²) in [6, 6.07) is 18.0. The van der Waals surface area contributed by atoms with Crippen molar-refractivity contribution in [2.75, 3.05) is 30.4 Å². The summed E-state index contributed by atoms with van der Waals surface area (Å²) in [5, 5.41) is 3.35. The molecule has 4 rings (SSSR count). The summed E-state index contributed by atoms with van der Waals surface area (Å²) in [5.74, 6) is 1.01. The molecular formula is C24H26N6O2. The molecular weight excluding hydrogens is 404 g/mol. The Morgan fingerprint density at radius 1 is 1.16 bits per heavy atom. The van der Waals surface area contributed by atoms with Gasteiger partial charge in [-0.05, 0) is 43.7 Å². The van der Waals surface area contributed by atoms with E-state index in [2.05, 4.69) is 39.3 Å². The Kier molecular flexibility index (Phi) is 6.30. The molecule has 0 aliphatic heterocycles. The van der Waals surface area contributed by atoms with Crippen LogP contribution in [0.4, 0.5) is 11.6 Å². The number of carbonyl (C=O) groups excluding carboxylic acids is 1. The summed E-state index contributed by atoms with van der Waals surface area (Å²) in [5.41, 5.74) is 3.77. The number of nitrogens with zero attached hydrogens (tertiary/aromatic N) is 5. The zero-order valence-corrected chi connectivity index (χ0v) is 18.4. The summed E-state index contributed by atoms with van der Waals surface area (Å²) in [4.78, 5) is 27.2. The Bertz CT molecular complexity index is 1210. The first-order valence-corrected chi connectivity index (χ1v) is 10.5. The van der Waals surface area contributed by atoms with Crippen LogP contribution >= 0.6 is 0 Å². The van der Waals surface area contributed by atoms with E-state index in [4.69, 9.17) is 4.74 Å². The van der Waals surface area contributed by atoms with Gasteiger partial charge >= 0.3 is 5.97 Å². The number of rotatable bonds is 8. The molecule has 0 unspecified atom stereocenters. The molecule has 0 aliphatic rings. The Labute approximate surface area is 186 Å². The predicted molar refractivity (Wildman–Crippen MR) is 125 cm³/mol. The third-order valence-corrected chi connectivity index (χ3v) is 5.18. The molecule has 0 saturated carbocycles. The maximum Gasteiger partial charge on any atom is 0.325 e. The number of likely N-dealkylation sites (N-methyl/N-ethyl adjacent to an activating group) is 1. The van der Waals surface area contributed by atoms with Gasteiger partial charge in [0.2, 0.25) is 5.95 Å². The molecule has 1 atom stereocenters. The second-order valence-electron chi connectivity index (χ2n) is 7.46. The van der Waals surface area contributed by atoms with Crippen molar-refractivity contribution in [2.24, 2.45) is 0 Å². The Morgan fingerprint density at radius 3 is 2.75 bits per heavy atom. The molecule has 0 radical (unpaired) electrons. The van der Waals surface area contributed by atoms with Crippen molar-refractivity contribution in [1.82, 2.24) is 19.5 Å². The number of fused-ring (bicyclic) bond motifs is 1. The van der Waals surface area contributed by atoms with Crippen LogP contribution in [0.5, 0.6) is 0 Å². The number of aromatic nitrogens is 4. The highest BCUT2D eigenvalue weighted by atomic mass is 16.5. The summed E-state index contributed by atoms with van der Waals surface area (Å²) >= 11 is 0. The predicted octanol–water partition coefficient (Wildman–Crippen LogP) is 3.99. The number of hydrogen-bond donors (Lipinski definition) is 1. The van der Waals surface area contributed by atoms with Gasteiger partial charge in [0.15, 0.2) is 0 Å². The maximum absolute atomic E-state index is 11.8. The van der Waals surface area contributed by atoms with Gasteiger partial charge in [0.25, 0.3) is 0 Å². The van der Waals surface area contributed by atoms with Gasteiger partial charge in [-0.2, -0.15) is 4.98 Å². The molecule has 2 aromatic carbocycles. The zero-order chi connectivity index (χ0) is 22.5. The van der Waals surface area contributed by atoms with Crippen LogP contribution < -0.4 is 10.2 Å². The Balaban J connectivity index is 1.55. The fourth-order valence-corrected chi connectivity index (χ4v) is 3.48. The third-order valence-electron chi connectivity index (χ3n) is 5.18. The van der Waals surface area contributed by atoms with E-state index < -0.39 is 0 Å². The van der Waals surface area contributed by atoms with Crippen LogP contribution in [0.25, 0.3) is 16.9 Å². The molecule has 32 heavy (non-hydrogen) atoms. The van der Waals surface area contributed by atoms with Crippen LogP contribution in [0, 0.1) is 0 Å². The van der Waals surface area contributed by atoms with Crippen molar-refractivity contribution in [1.29, 1.82) is 0 Å². The first kappa shape index (κ1) is 21.3. The van der Waals surface area contributed by atoms with Crippen molar-refractivity contribution in [3.63, 3.8) is 0 Å². The lowest BCUT2D eigenvalue weighted by atomic mass is 10.1. The highest BCUT2D eigenvalue weighted by Crippen LogP contribution is 2.23. The van der Waals surface area contributed by atoms with Crippen molar-refractivity contribution < 1.29 is 9.53 Å². The van der Waals surface area contributed by atoms with E-state index in [1.165, 1.54) is 0 Å². The zero-order valence-electron chi connectivity index (χ0n) is 18.4. The summed E-state index contributed by atoms with van der Waals surface area (Å²) in [6.45, 7) is 4.43. The van der Waals surface area contributed by atoms with E-state index in [1.54, 1.807) is 19.4 Å². The van der Waals surface area contributed by atoms with Crippen molar-refractivity contribution in [3.8, 4) is 5.82 Å². The first-order chi connectivity index (χ1) is 15.5. The monoisotopic (exact) mass is 430 g/mol. The van der Waals surface area contributed by atoms with Gasteiger partial charge in [0.1, 0.15) is 18.7 Å². The standard InChI is InChI=1S/C24H26N6O2/c1-4-32-23(31)15-29(3)19-10-11-21-20(14-19)26-16-30(21)22-12-13-25-24(28-22)27-17(2)18-8-6-5-7-9-18/h5-14,16-17H,4,15H2,1-3H3,(H,25,27,28)/t17-/m0/s1. The topological polar surface area (TPSA) is 85.2 Å². The average Bonchev–Trinajstić information content (AvgIpc) is 3.23.